The molecule has 3 nitrogen and oxygen atoms in total. The van der Waals surface area contributed by atoms with E-state index in [4.69, 9.17) is 0 Å². The van der Waals surface area contributed by atoms with Crippen molar-refractivity contribution in [1.29, 1.82) is 0 Å². The summed E-state index contributed by atoms with van der Waals surface area (Å²) in [5.74, 6) is 0.839. The van der Waals surface area contributed by atoms with Crippen molar-refractivity contribution in [2.75, 3.05) is 13.1 Å². The third kappa shape index (κ3) is 4.85. The standard InChI is InChI=1S/C18H28N2O/c1-18(2,3)17(15-7-5-4-6-8-15)20-16(21)10-9-14-11-12-19-13-14/h4-8,14,17,19H,9-13H2,1-3H3,(H,20,21). The minimum atomic E-state index is 0.00588. The Hall–Kier alpha value is -1.35. The highest BCUT2D eigenvalue weighted by Gasteiger charge is 2.27. The quantitative estimate of drug-likeness (QED) is 0.873. The molecule has 0 radical (unpaired) electrons. The van der Waals surface area contributed by atoms with Crippen molar-refractivity contribution in [1.82, 2.24) is 10.6 Å². The van der Waals surface area contributed by atoms with E-state index in [2.05, 4.69) is 43.5 Å². The molecule has 1 aromatic carbocycles. The fourth-order valence-electron chi connectivity index (χ4n) is 2.97. The molecule has 1 amide bonds. The number of carbonyl (C=O) groups is 1. The fraction of sp³-hybridized carbons (Fsp3) is 0.611. The minimum Gasteiger partial charge on any atom is -0.349 e. The topological polar surface area (TPSA) is 41.1 Å². The zero-order valence-electron chi connectivity index (χ0n) is 13.5. The number of hydrogen-bond acceptors (Lipinski definition) is 2. The molecule has 0 bridgehead atoms. The summed E-state index contributed by atoms with van der Waals surface area (Å²) in [6.45, 7) is 8.68. The Bertz CT molecular complexity index is 444. The predicted octanol–water partition coefficient (Wildman–Crippen LogP) is 3.28. The maximum absolute atomic E-state index is 12.3. The largest absolute Gasteiger partial charge is 0.349 e. The number of benzene rings is 1. The number of hydrogen-bond donors (Lipinski definition) is 2. The Kier molecular flexibility index (Phi) is 5.40. The van der Waals surface area contributed by atoms with E-state index in [1.807, 2.05) is 18.2 Å². The average molecular weight is 288 g/mol. The molecule has 1 aliphatic rings. The van der Waals surface area contributed by atoms with Crippen molar-refractivity contribution in [2.45, 2.75) is 46.1 Å². The van der Waals surface area contributed by atoms with E-state index in [1.165, 1.54) is 12.0 Å². The van der Waals surface area contributed by atoms with Crippen molar-refractivity contribution < 1.29 is 4.79 Å². The Morgan fingerprint density at radius 2 is 2.05 bits per heavy atom. The van der Waals surface area contributed by atoms with Crippen LogP contribution < -0.4 is 10.6 Å². The Balaban J connectivity index is 1.93. The van der Waals surface area contributed by atoms with Crippen LogP contribution >= 0.6 is 0 Å². The van der Waals surface area contributed by atoms with Crippen LogP contribution in [0, 0.1) is 11.3 Å². The zero-order valence-corrected chi connectivity index (χ0v) is 13.5. The fourth-order valence-corrected chi connectivity index (χ4v) is 2.97. The molecular weight excluding hydrogens is 260 g/mol. The third-order valence-corrected chi connectivity index (χ3v) is 4.25. The molecule has 1 fully saturated rings. The van der Waals surface area contributed by atoms with Gasteiger partial charge in [-0.25, -0.2) is 0 Å². The first-order valence-corrected chi connectivity index (χ1v) is 8.02. The Morgan fingerprint density at radius 1 is 1.33 bits per heavy atom. The number of carbonyl (C=O) groups excluding carboxylic acids is 1. The second-order valence-corrected chi connectivity index (χ2v) is 7.17. The van der Waals surface area contributed by atoms with E-state index >= 15 is 0 Å². The maximum Gasteiger partial charge on any atom is 0.220 e. The van der Waals surface area contributed by atoms with Gasteiger partial charge in [-0.05, 0) is 42.8 Å². The van der Waals surface area contributed by atoms with Crippen LogP contribution in [0.3, 0.4) is 0 Å². The van der Waals surface area contributed by atoms with Gasteiger partial charge in [-0.3, -0.25) is 4.79 Å². The maximum atomic E-state index is 12.3. The molecular formula is C18H28N2O. The van der Waals surface area contributed by atoms with Crippen LogP contribution in [0.25, 0.3) is 0 Å². The number of rotatable bonds is 5. The molecule has 2 rings (SSSR count). The highest BCUT2D eigenvalue weighted by atomic mass is 16.1. The molecule has 1 aliphatic heterocycles. The van der Waals surface area contributed by atoms with Crippen LogP contribution in [0.5, 0.6) is 0 Å². The minimum absolute atomic E-state index is 0.00588. The Morgan fingerprint density at radius 3 is 2.62 bits per heavy atom. The first kappa shape index (κ1) is 16.0. The molecule has 0 aliphatic carbocycles. The highest BCUT2D eigenvalue weighted by Crippen LogP contribution is 2.32. The lowest BCUT2D eigenvalue weighted by molar-refractivity contribution is -0.122. The van der Waals surface area contributed by atoms with Gasteiger partial charge in [-0.15, -0.1) is 0 Å². The monoisotopic (exact) mass is 288 g/mol. The van der Waals surface area contributed by atoms with Gasteiger partial charge in [0.15, 0.2) is 0 Å². The van der Waals surface area contributed by atoms with E-state index in [0.29, 0.717) is 12.3 Å². The van der Waals surface area contributed by atoms with Crippen molar-refractivity contribution >= 4 is 5.91 Å². The van der Waals surface area contributed by atoms with Crippen LogP contribution in [0.1, 0.15) is 51.6 Å². The molecule has 21 heavy (non-hydrogen) atoms. The smallest absolute Gasteiger partial charge is 0.220 e. The summed E-state index contributed by atoms with van der Waals surface area (Å²) < 4.78 is 0. The van der Waals surface area contributed by atoms with E-state index < -0.39 is 0 Å². The second kappa shape index (κ2) is 7.08. The molecule has 1 saturated heterocycles. The molecule has 2 atom stereocenters. The van der Waals surface area contributed by atoms with Crippen LogP contribution in [-0.2, 0) is 4.79 Å². The van der Waals surface area contributed by atoms with Gasteiger partial charge in [-0.2, -0.15) is 0 Å². The third-order valence-electron chi connectivity index (χ3n) is 4.25. The summed E-state index contributed by atoms with van der Waals surface area (Å²) in [6, 6.07) is 10.3. The summed E-state index contributed by atoms with van der Waals surface area (Å²) in [4.78, 5) is 12.3. The summed E-state index contributed by atoms with van der Waals surface area (Å²) in [5.41, 5.74) is 1.19. The zero-order chi connectivity index (χ0) is 15.3. The normalized spacial score (nSPS) is 20.2. The molecule has 2 unspecified atom stereocenters. The number of amides is 1. The van der Waals surface area contributed by atoms with E-state index in [1.54, 1.807) is 0 Å². The molecule has 3 heteroatoms. The first-order valence-electron chi connectivity index (χ1n) is 8.02. The van der Waals surface area contributed by atoms with E-state index in [9.17, 15) is 4.79 Å². The van der Waals surface area contributed by atoms with Gasteiger partial charge in [0.05, 0.1) is 6.04 Å². The van der Waals surface area contributed by atoms with Gasteiger partial charge in [0.25, 0.3) is 0 Å². The lowest BCUT2D eigenvalue weighted by Crippen LogP contribution is -2.36. The molecule has 1 heterocycles. The van der Waals surface area contributed by atoms with E-state index in [0.717, 1.165) is 19.5 Å². The van der Waals surface area contributed by atoms with E-state index in [-0.39, 0.29) is 17.4 Å². The van der Waals surface area contributed by atoms with Crippen LogP contribution in [-0.4, -0.2) is 19.0 Å². The second-order valence-electron chi connectivity index (χ2n) is 7.17. The van der Waals surface area contributed by atoms with Crippen LogP contribution in [0.2, 0.25) is 0 Å². The van der Waals surface area contributed by atoms with Gasteiger partial charge in [-0.1, -0.05) is 51.1 Å². The van der Waals surface area contributed by atoms with Crippen LogP contribution in [0.15, 0.2) is 30.3 Å². The lowest BCUT2D eigenvalue weighted by Gasteiger charge is -2.32. The molecule has 0 spiro atoms. The predicted molar refractivity (Wildman–Crippen MR) is 87.0 cm³/mol. The van der Waals surface area contributed by atoms with Gasteiger partial charge in [0, 0.05) is 6.42 Å². The highest BCUT2D eigenvalue weighted by molar-refractivity contribution is 5.76. The summed E-state index contributed by atoms with van der Waals surface area (Å²) >= 11 is 0. The van der Waals surface area contributed by atoms with Crippen molar-refractivity contribution in [3.8, 4) is 0 Å². The first-order chi connectivity index (χ1) is 9.97. The summed E-state index contributed by atoms with van der Waals surface area (Å²) in [7, 11) is 0. The SMILES string of the molecule is CC(C)(C)C(NC(=O)CCC1CCNC1)c1ccccc1. The molecule has 1 aromatic rings. The lowest BCUT2D eigenvalue weighted by atomic mass is 9.82. The van der Waals surface area contributed by atoms with Crippen LogP contribution in [0.4, 0.5) is 0 Å². The summed E-state index contributed by atoms with van der Waals surface area (Å²) in [5, 5.41) is 6.59. The summed E-state index contributed by atoms with van der Waals surface area (Å²) in [6.07, 6.45) is 2.82. The van der Waals surface area contributed by atoms with Crippen molar-refractivity contribution in [3.63, 3.8) is 0 Å². The average Bonchev–Trinajstić information content (AvgIpc) is 2.95. The molecule has 116 valence electrons. The van der Waals surface area contributed by atoms with Gasteiger partial charge in [0.1, 0.15) is 0 Å². The number of nitrogens with one attached hydrogen (secondary N) is 2. The van der Waals surface area contributed by atoms with Gasteiger partial charge < -0.3 is 10.6 Å². The van der Waals surface area contributed by atoms with Crippen molar-refractivity contribution in [2.24, 2.45) is 11.3 Å². The molecule has 0 aromatic heterocycles. The van der Waals surface area contributed by atoms with Crippen molar-refractivity contribution in [3.05, 3.63) is 35.9 Å². The Labute approximate surface area is 128 Å². The molecule has 0 saturated carbocycles. The molecule has 2 N–H and O–H groups in total. The van der Waals surface area contributed by atoms with Gasteiger partial charge in [0.2, 0.25) is 5.91 Å². The van der Waals surface area contributed by atoms with Gasteiger partial charge >= 0.3 is 0 Å².